The molecule has 1 aromatic heterocycles. The maximum Gasteiger partial charge on any atom is 0.258 e. The van der Waals surface area contributed by atoms with Crippen molar-refractivity contribution in [3.63, 3.8) is 0 Å². The monoisotopic (exact) mass is 466 g/mol. The van der Waals surface area contributed by atoms with E-state index in [4.69, 9.17) is 21.7 Å². The summed E-state index contributed by atoms with van der Waals surface area (Å²) in [6.07, 6.45) is 0.877. The summed E-state index contributed by atoms with van der Waals surface area (Å²) in [7, 11) is 0. The summed E-state index contributed by atoms with van der Waals surface area (Å²) in [6.45, 7) is 4.89. The highest BCUT2D eigenvalue weighted by Gasteiger charge is 2.33. The minimum absolute atomic E-state index is 0.174. The Balaban J connectivity index is 1.54. The molecule has 0 fully saturated rings. The first kappa shape index (κ1) is 22.0. The van der Waals surface area contributed by atoms with Crippen LogP contribution in [0.2, 0.25) is 0 Å². The van der Waals surface area contributed by atoms with Crippen molar-refractivity contribution in [2.75, 3.05) is 6.54 Å². The van der Waals surface area contributed by atoms with E-state index in [1.807, 2.05) is 36.4 Å². The molecule has 5 nitrogen and oxygen atoms in total. The first-order valence-electron chi connectivity index (χ1n) is 11.4. The Hall–Kier alpha value is -3.77. The second kappa shape index (κ2) is 9.61. The molecule has 0 bridgehead atoms. The lowest BCUT2D eigenvalue weighted by molar-refractivity contribution is 0.397. The third kappa shape index (κ3) is 4.50. The second-order valence-electron chi connectivity index (χ2n) is 8.47. The molecule has 0 amide bonds. The maximum atomic E-state index is 5.84. The standard InChI is InChI=1S/C28H26N4OS/c1-19-10-9-15-23(18-19)26-30-27(33-31-26)24-20(2)32(17-16-21-11-5-3-6-12-21)28(34)29-25(24)22-13-7-4-8-14-22/h3-15,18,25H,16-17H2,1-2H3,(H,29,34). The fourth-order valence-electron chi connectivity index (χ4n) is 4.34. The van der Waals surface area contributed by atoms with E-state index in [9.17, 15) is 0 Å². The van der Waals surface area contributed by atoms with E-state index in [-0.39, 0.29) is 6.04 Å². The van der Waals surface area contributed by atoms with Gasteiger partial charge in [-0.1, -0.05) is 89.6 Å². The van der Waals surface area contributed by atoms with Crippen molar-refractivity contribution < 1.29 is 4.52 Å². The van der Waals surface area contributed by atoms with Gasteiger partial charge in [0.15, 0.2) is 5.11 Å². The van der Waals surface area contributed by atoms with Gasteiger partial charge in [-0.2, -0.15) is 4.98 Å². The topological polar surface area (TPSA) is 54.2 Å². The molecule has 6 heteroatoms. The second-order valence-corrected chi connectivity index (χ2v) is 8.86. The third-order valence-corrected chi connectivity index (χ3v) is 6.47. The number of benzene rings is 3. The van der Waals surface area contributed by atoms with E-state index in [1.54, 1.807) is 0 Å². The largest absolute Gasteiger partial charge is 0.351 e. The van der Waals surface area contributed by atoms with Gasteiger partial charge in [0.25, 0.3) is 5.89 Å². The predicted octanol–water partition coefficient (Wildman–Crippen LogP) is 5.95. The van der Waals surface area contributed by atoms with Crippen molar-refractivity contribution in [2.45, 2.75) is 26.3 Å². The Morgan fingerprint density at radius 2 is 1.68 bits per heavy atom. The van der Waals surface area contributed by atoms with Crippen molar-refractivity contribution in [1.82, 2.24) is 20.4 Å². The lowest BCUT2D eigenvalue weighted by Crippen LogP contribution is -2.46. The number of hydrogen-bond donors (Lipinski definition) is 1. The fraction of sp³-hybridized carbons (Fsp3) is 0.179. The van der Waals surface area contributed by atoms with Crippen molar-refractivity contribution >= 4 is 22.9 Å². The predicted molar refractivity (Wildman–Crippen MR) is 139 cm³/mol. The quantitative estimate of drug-likeness (QED) is 0.354. The molecule has 3 aromatic carbocycles. The van der Waals surface area contributed by atoms with E-state index in [0.29, 0.717) is 16.8 Å². The Bertz CT molecular complexity index is 1330. The zero-order valence-electron chi connectivity index (χ0n) is 19.2. The molecular formula is C28H26N4OS. The van der Waals surface area contributed by atoms with E-state index in [1.165, 1.54) is 5.56 Å². The first-order valence-corrected chi connectivity index (χ1v) is 11.8. The molecule has 1 unspecified atom stereocenters. The van der Waals surface area contributed by atoms with Gasteiger partial charge in [0.05, 0.1) is 11.6 Å². The van der Waals surface area contributed by atoms with Crippen LogP contribution < -0.4 is 5.32 Å². The minimum Gasteiger partial charge on any atom is -0.351 e. The average molecular weight is 467 g/mol. The SMILES string of the molecule is CC1=C(c2nc(-c3cccc(C)c3)no2)C(c2ccccc2)NC(=S)N1CCc1ccccc1. The molecular weight excluding hydrogens is 440 g/mol. The summed E-state index contributed by atoms with van der Waals surface area (Å²) < 4.78 is 5.84. The number of nitrogens with one attached hydrogen (secondary N) is 1. The summed E-state index contributed by atoms with van der Waals surface area (Å²) in [5.74, 6) is 1.08. The zero-order valence-corrected chi connectivity index (χ0v) is 20.0. The van der Waals surface area contributed by atoms with Crippen LogP contribution in [0.3, 0.4) is 0 Å². The fourth-order valence-corrected chi connectivity index (χ4v) is 4.69. The van der Waals surface area contributed by atoms with Crippen molar-refractivity contribution in [3.8, 4) is 11.4 Å². The van der Waals surface area contributed by atoms with Gasteiger partial charge in [-0.3, -0.25) is 0 Å². The number of rotatable bonds is 6. The summed E-state index contributed by atoms with van der Waals surface area (Å²) in [6, 6.07) is 28.6. The van der Waals surface area contributed by atoms with Crippen LogP contribution in [0, 0.1) is 6.92 Å². The number of nitrogens with zero attached hydrogens (tertiary/aromatic N) is 3. The third-order valence-electron chi connectivity index (χ3n) is 6.13. The van der Waals surface area contributed by atoms with Gasteiger partial charge in [-0.15, -0.1) is 0 Å². The van der Waals surface area contributed by atoms with Gasteiger partial charge in [0.2, 0.25) is 5.82 Å². The molecule has 0 spiro atoms. The average Bonchev–Trinajstić information content (AvgIpc) is 3.34. The maximum absolute atomic E-state index is 5.84. The Kier molecular flexibility index (Phi) is 6.23. The number of aryl methyl sites for hydroxylation is 1. The lowest BCUT2D eigenvalue weighted by atomic mass is 9.94. The summed E-state index contributed by atoms with van der Waals surface area (Å²) in [5, 5.41) is 8.53. The van der Waals surface area contributed by atoms with Crippen LogP contribution in [-0.2, 0) is 6.42 Å². The van der Waals surface area contributed by atoms with Crippen LogP contribution in [-0.4, -0.2) is 26.7 Å². The van der Waals surface area contributed by atoms with Crippen molar-refractivity contribution in [1.29, 1.82) is 0 Å². The number of hydrogen-bond acceptors (Lipinski definition) is 4. The molecule has 0 aliphatic carbocycles. The molecule has 0 saturated carbocycles. The Labute approximate surface area is 205 Å². The molecule has 5 rings (SSSR count). The van der Waals surface area contributed by atoms with E-state index >= 15 is 0 Å². The number of allylic oxidation sites excluding steroid dienone is 1. The van der Waals surface area contributed by atoms with Gasteiger partial charge >= 0.3 is 0 Å². The molecule has 1 aliphatic rings. The Morgan fingerprint density at radius 1 is 0.941 bits per heavy atom. The Morgan fingerprint density at radius 3 is 2.41 bits per heavy atom. The number of thiocarbonyl (C=S) groups is 1. The highest BCUT2D eigenvalue weighted by molar-refractivity contribution is 7.80. The number of aromatic nitrogens is 2. The van der Waals surface area contributed by atoms with Crippen molar-refractivity contribution in [2.24, 2.45) is 0 Å². The van der Waals surface area contributed by atoms with Crippen LogP contribution in [0.4, 0.5) is 0 Å². The van der Waals surface area contributed by atoms with Crippen LogP contribution in [0.15, 0.2) is 95.1 Å². The zero-order chi connectivity index (χ0) is 23.5. The van der Waals surface area contributed by atoms with Crippen LogP contribution in [0.1, 0.15) is 35.5 Å². The van der Waals surface area contributed by atoms with Gasteiger partial charge in [-0.25, -0.2) is 0 Å². The summed E-state index contributed by atoms with van der Waals surface area (Å²) >= 11 is 5.81. The highest BCUT2D eigenvalue weighted by atomic mass is 32.1. The molecule has 0 radical (unpaired) electrons. The molecule has 1 atom stereocenters. The first-order chi connectivity index (χ1) is 16.6. The van der Waals surface area contributed by atoms with Crippen LogP contribution in [0.25, 0.3) is 17.0 Å². The van der Waals surface area contributed by atoms with Gasteiger partial charge < -0.3 is 14.7 Å². The highest BCUT2D eigenvalue weighted by Crippen LogP contribution is 2.37. The molecule has 1 aliphatic heterocycles. The smallest absolute Gasteiger partial charge is 0.258 e. The molecule has 170 valence electrons. The summed E-state index contributed by atoms with van der Waals surface area (Å²) in [4.78, 5) is 6.94. The minimum atomic E-state index is -0.174. The van der Waals surface area contributed by atoms with Gasteiger partial charge in [0, 0.05) is 17.8 Å². The van der Waals surface area contributed by atoms with Crippen molar-refractivity contribution in [3.05, 3.63) is 113 Å². The molecule has 2 heterocycles. The van der Waals surface area contributed by atoms with E-state index in [2.05, 4.69) is 77.8 Å². The molecule has 1 N–H and O–H groups in total. The lowest BCUT2D eigenvalue weighted by Gasteiger charge is -2.37. The molecule has 0 saturated heterocycles. The van der Waals surface area contributed by atoms with E-state index in [0.717, 1.165) is 40.9 Å². The van der Waals surface area contributed by atoms with Crippen LogP contribution >= 0.6 is 12.2 Å². The van der Waals surface area contributed by atoms with Gasteiger partial charge in [0.1, 0.15) is 0 Å². The summed E-state index contributed by atoms with van der Waals surface area (Å²) in [5.41, 5.74) is 6.41. The molecule has 34 heavy (non-hydrogen) atoms. The van der Waals surface area contributed by atoms with Crippen LogP contribution in [0.5, 0.6) is 0 Å². The normalized spacial score (nSPS) is 16.0. The molecule has 4 aromatic rings. The van der Waals surface area contributed by atoms with Gasteiger partial charge in [-0.05, 0) is 49.7 Å². The van der Waals surface area contributed by atoms with E-state index < -0.39 is 0 Å².